The third-order valence-electron chi connectivity index (χ3n) is 2.66. The molecule has 1 saturated heterocycles. The third-order valence-corrected chi connectivity index (χ3v) is 2.86. The van der Waals surface area contributed by atoms with Crippen LogP contribution in [0.5, 0.6) is 0 Å². The predicted molar refractivity (Wildman–Crippen MR) is 59.9 cm³/mol. The normalized spacial score (nSPS) is 21.9. The number of aromatic nitrogens is 2. The Bertz CT molecular complexity index is 381. The Morgan fingerprint density at radius 3 is 3.06 bits per heavy atom. The lowest BCUT2D eigenvalue weighted by atomic mass is 10.2. The zero-order chi connectivity index (χ0) is 11.5. The monoisotopic (exact) mass is 240 g/mol. The molecule has 1 amide bonds. The van der Waals surface area contributed by atoms with Crippen LogP contribution in [0.1, 0.15) is 12.6 Å². The van der Waals surface area contributed by atoms with Crippen molar-refractivity contribution in [2.45, 2.75) is 19.5 Å². The maximum absolute atomic E-state index is 11.4. The van der Waals surface area contributed by atoms with E-state index in [-0.39, 0.29) is 11.9 Å². The molecule has 1 aliphatic rings. The summed E-state index contributed by atoms with van der Waals surface area (Å²) < 4.78 is 0. The lowest BCUT2D eigenvalue weighted by molar-refractivity contribution is -0.128. The summed E-state index contributed by atoms with van der Waals surface area (Å²) in [5, 5.41) is 3.20. The Labute approximate surface area is 98.8 Å². The maximum atomic E-state index is 11.4. The van der Waals surface area contributed by atoms with E-state index in [0.717, 1.165) is 12.2 Å². The van der Waals surface area contributed by atoms with Gasteiger partial charge in [-0.15, -0.1) is 0 Å². The minimum absolute atomic E-state index is 0.0631. The van der Waals surface area contributed by atoms with Crippen molar-refractivity contribution in [2.75, 3.05) is 13.1 Å². The molecule has 16 heavy (non-hydrogen) atoms. The SMILES string of the molecule is CC1C(=O)NCCN1Cc1cnc(Cl)cn1. The highest BCUT2D eigenvalue weighted by atomic mass is 35.5. The molecule has 2 heterocycles. The van der Waals surface area contributed by atoms with E-state index in [1.807, 2.05) is 6.92 Å². The van der Waals surface area contributed by atoms with E-state index in [4.69, 9.17) is 11.6 Å². The summed E-state index contributed by atoms with van der Waals surface area (Å²) in [6, 6.07) is -0.119. The van der Waals surface area contributed by atoms with Crippen LogP contribution in [0.15, 0.2) is 12.4 Å². The first-order chi connectivity index (χ1) is 7.66. The summed E-state index contributed by atoms with van der Waals surface area (Å²) in [6.45, 7) is 4.03. The molecule has 1 fully saturated rings. The molecule has 0 aliphatic carbocycles. The molecule has 1 aliphatic heterocycles. The highest BCUT2D eigenvalue weighted by Gasteiger charge is 2.25. The smallest absolute Gasteiger partial charge is 0.237 e. The van der Waals surface area contributed by atoms with Gasteiger partial charge in [0.2, 0.25) is 5.91 Å². The van der Waals surface area contributed by atoms with Crippen LogP contribution in [-0.2, 0) is 11.3 Å². The number of nitrogens with zero attached hydrogens (tertiary/aromatic N) is 3. The average Bonchev–Trinajstić information content (AvgIpc) is 2.28. The molecule has 6 heteroatoms. The van der Waals surface area contributed by atoms with Crippen LogP contribution in [0.4, 0.5) is 0 Å². The van der Waals surface area contributed by atoms with E-state index < -0.39 is 0 Å². The molecule has 0 spiro atoms. The number of piperazine rings is 1. The van der Waals surface area contributed by atoms with Crippen LogP contribution in [-0.4, -0.2) is 39.9 Å². The summed E-state index contributed by atoms with van der Waals surface area (Å²) >= 11 is 5.65. The van der Waals surface area contributed by atoms with Gasteiger partial charge in [-0.2, -0.15) is 0 Å². The van der Waals surface area contributed by atoms with Gasteiger partial charge in [-0.05, 0) is 6.92 Å². The molecule has 1 N–H and O–H groups in total. The molecular weight excluding hydrogens is 228 g/mol. The molecule has 1 aromatic heterocycles. The lowest BCUT2D eigenvalue weighted by Gasteiger charge is -2.32. The molecule has 0 aromatic carbocycles. The number of carbonyl (C=O) groups is 1. The Balaban J connectivity index is 2.03. The molecule has 1 aromatic rings. The van der Waals surface area contributed by atoms with Crippen molar-refractivity contribution >= 4 is 17.5 Å². The van der Waals surface area contributed by atoms with Gasteiger partial charge in [0, 0.05) is 19.6 Å². The largest absolute Gasteiger partial charge is 0.353 e. The average molecular weight is 241 g/mol. The molecule has 1 unspecified atom stereocenters. The molecule has 2 rings (SSSR count). The van der Waals surface area contributed by atoms with Crippen LogP contribution in [0.3, 0.4) is 0 Å². The Hall–Kier alpha value is -1.20. The van der Waals surface area contributed by atoms with Gasteiger partial charge in [0.15, 0.2) is 0 Å². The number of carbonyl (C=O) groups excluding carboxylic acids is 1. The molecule has 0 bridgehead atoms. The summed E-state index contributed by atoms with van der Waals surface area (Å²) in [6.07, 6.45) is 3.16. The summed E-state index contributed by atoms with van der Waals surface area (Å²) in [5.74, 6) is 0.0631. The first-order valence-electron chi connectivity index (χ1n) is 5.15. The van der Waals surface area contributed by atoms with Crippen molar-refractivity contribution in [3.8, 4) is 0 Å². The molecule has 1 atom stereocenters. The first-order valence-corrected chi connectivity index (χ1v) is 5.53. The van der Waals surface area contributed by atoms with Crippen molar-refractivity contribution in [1.82, 2.24) is 20.2 Å². The van der Waals surface area contributed by atoms with Gasteiger partial charge in [-0.3, -0.25) is 14.7 Å². The summed E-state index contributed by atoms with van der Waals surface area (Å²) in [5.41, 5.74) is 0.825. The second-order valence-corrected chi connectivity index (χ2v) is 4.16. The van der Waals surface area contributed by atoms with Crippen LogP contribution >= 0.6 is 11.6 Å². The van der Waals surface area contributed by atoms with Crippen molar-refractivity contribution in [2.24, 2.45) is 0 Å². The highest BCUT2D eigenvalue weighted by Crippen LogP contribution is 2.09. The van der Waals surface area contributed by atoms with Gasteiger partial charge in [0.25, 0.3) is 0 Å². The van der Waals surface area contributed by atoms with Crippen molar-refractivity contribution < 1.29 is 4.79 Å². The number of hydrogen-bond acceptors (Lipinski definition) is 4. The molecule has 86 valence electrons. The molecule has 0 radical (unpaired) electrons. The van der Waals surface area contributed by atoms with E-state index in [9.17, 15) is 4.79 Å². The zero-order valence-electron chi connectivity index (χ0n) is 8.98. The van der Waals surface area contributed by atoms with E-state index in [0.29, 0.717) is 18.2 Å². The fourth-order valence-corrected chi connectivity index (χ4v) is 1.77. The quantitative estimate of drug-likeness (QED) is 0.816. The highest BCUT2D eigenvalue weighted by molar-refractivity contribution is 6.29. The van der Waals surface area contributed by atoms with Gasteiger partial charge in [-0.25, -0.2) is 4.98 Å². The fraction of sp³-hybridized carbons (Fsp3) is 0.500. The predicted octanol–water partition coefficient (Wildman–Crippen LogP) is 0.450. The number of hydrogen-bond donors (Lipinski definition) is 1. The van der Waals surface area contributed by atoms with Crippen LogP contribution in [0, 0.1) is 0 Å². The van der Waals surface area contributed by atoms with Gasteiger partial charge in [-0.1, -0.05) is 11.6 Å². The minimum Gasteiger partial charge on any atom is -0.353 e. The van der Waals surface area contributed by atoms with Crippen molar-refractivity contribution in [3.05, 3.63) is 23.2 Å². The second-order valence-electron chi connectivity index (χ2n) is 3.77. The molecule has 0 saturated carbocycles. The van der Waals surface area contributed by atoms with E-state index >= 15 is 0 Å². The van der Waals surface area contributed by atoms with Crippen LogP contribution in [0.25, 0.3) is 0 Å². The van der Waals surface area contributed by atoms with E-state index in [2.05, 4.69) is 20.2 Å². The Kier molecular flexibility index (Phi) is 3.36. The maximum Gasteiger partial charge on any atom is 0.237 e. The van der Waals surface area contributed by atoms with Gasteiger partial charge in [0.1, 0.15) is 5.15 Å². The summed E-state index contributed by atoms with van der Waals surface area (Å²) in [4.78, 5) is 21.6. The van der Waals surface area contributed by atoms with Gasteiger partial charge in [0.05, 0.1) is 24.1 Å². The Morgan fingerprint density at radius 1 is 1.56 bits per heavy atom. The van der Waals surface area contributed by atoms with Crippen molar-refractivity contribution in [1.29, 1.82) is 0 Å². The van der Waals surface area contributed by atoms with Crippen LogP contribution < -0.4 is 5.32 Å². The van der Waals surface area contributed by atoms with Crippen LogP contribution in [0.2, 0.25) is 5.15 Å². The van der Waals surface area contributed by atoms with E-state index in [1.165, 1.54) is 6.20 Å². The zero-order valence-corrected chi connectivity index (χ0v) is 9.74. The van der Waals surface area contributed by atoms with Gasteiger partial charge < -0.3 is 5.32 Å². The second kappa shape index (κ2) is 4.76. The number of halogens is 1. The molecule has 5 nitrogen and oxygen atoms in total. The summed E-state index contributed by atoms with van der Waals surface area (Å²) in [7, 11) is 0. The minimum atomic E-state index is -0.119. The van der Waals surface area contributed by atoms with Crippen molar-refractivity contribution in [3.63, 3.8) is 0 Å². The van der Waals surface area contributed by atoms with E-state index in [1.54, 1.807) is 6.20 Å². The number of amides is 1. The fourth-order valence-electron chi connectivity index (χ4n) is 1.67. The first kappa shape index (κ1) is 11.3. The topological polar surface area (TPSA) is 58.1 Å². The van der Waals surface area contributed by atoms with Gasteiger partial charge >= 0.3 is 0 Å². The Morgan fingerprint density at radius 2 is 2.38 bits per heavy atom. The number of rotatable bonds is 2. The lowest BCUT2D eigenvalue weighted by Crippen LogP contribution is -2.53. The third kappa shape index (κ3) is 2.48. The standard InChI is InChI=1S/C10H13ClN4O/c1-7-10(16)12-2-3-15(7)6-8-4-14-9(11)5-13-8/h4-5,7H,2-3,6H2,1H3,(H,12,16). The molecular formula is C10H13ClN4O. The number of nitrogens with one attached hydrogen (secondary N) is 1.